The van der Waals surface area contributed by atoms with Gasteiger partial charge in [-0.3, -0.25) is 19.6 Å². The number of hydrogen-bond donors (Lipinski definition) is 1. The van der Waals surface area contributed by atoms with E-state index in [1.54, 1.807) is 24.6 Å². The van der Waals surface area contributed by atoms with Gasteiger partial charge in [-0.25, -0.2) is 0 Å². The topological polar surface area (TPSA) is 90.1 Å². The molecule has 0 saturated heterocycles. The number of nitro groups is 1. The normalized spacial score (nSPS) is 11.3. The highest BCUT2D eigenvalue weighted by Gasteiger charge is 2.21. The van der Waals surface area contributed by atoms with Crippen molar-refractivity contribution in [3.05, 3.63) is 63.0 Å². The number of rotatable bonds is 7. The van der Waals surface area contributed by atoms with E-state index in [0.29, 0.717) is 30.4 Å². The van der Waals surface area contributed by atoms with E-state index in [1.807, 2.05) is 12.1 Å². The molecule has 26 heavy (non-hydrogen) atoms. The number of benzene rings is 1. The molecule has 7 nitrogen and oxygen atoms in total. The van der Waals surface area contributed by atoms with Crippen LogP contribution in [0.15, 0.2) is 30.3 Å². The molecule has 0 atom stereocenters. The van der Waals surface area contributed by atoms with Crippen molar-refractivity contribution in [1.29, 1.82) is 0 Å². The van der Waals surface area contributed by atoms with Crippen LogP contribution in [0.3, 0.4) is 0 Å². The fraction of sp³-hybridized carbons (Fsp3) is 0.368. The van der Waals surface area contributed by atoms with Gasteiger partial charge in [0, 0.05) is 12.6 Å². The van der Waals surface area contributed by atoms with Crippen molar-refractivity contribution in [2.75, 3.05) is 6.54 Å². The molecule has 0 aliphatic rings. The van der Waals surface area contributed by atoms with Crippen LogP contribution in [0.2, 0.25) is 0 Å². The molecule has 2 aromatic rings. The Morgan fingerprint density at radius 2 is 1.96 bits per heavy atom. The summed E-state index contributed by atoms with van der Waals surface area (Å²) in [5, 5.41) is 17.9. The minimum atomic E-state index is -0.431. The van der Waals surface area contributed by atoms with Gasteiger partial charge < -0.3 is 5.32 Å². The van der Waals surface area contributed by atoms with Crippen LogP contribution in [0, 0.1) is 24.0 Å². The van der Waals surface area contributed by atoms with E-state index >= 15 is 0 Å². The molecule has 1 amide bonds. The maximum Gasteiger partial charge on any atom is 0.312 e. The van der Waals surface area contributed by atoms with Crippen molar-refractivity contribution in [3.63, 3.8) is 0 Å². The average molecular weight is 356 g/mol. The number of carbonyl (C=O) groups is 1. The predicted molar refractivity (Wildman–Crippen MR) is 101 cm³/mol. The van der Waals surface area contributed by atoms with Crippen molar-refractivity contribution in [1.82, 2.24) is 15.1 Å². The van der Waals surface area contributed by atoms with E-state index in [4.69, 9.17) is 0 Å². The Labute approximate surface area is 152 Å². The summed E-state index contributed by atoms with van der Waals surface area (Å²) in [5.41, 5.74) is 3.11. The highest BCUT2D eigenvalue weighted by Crippen LogP contribution is 2.21. The van der Waals surface area contributed by atoms with E-state index < -0.39 is 4.92 Å². The molecule has 2 rings (SSSR count). The van der Waals surface area contributed by atoms with E-state index in [2.05, 4.69) is 36.4 Å². The third-order valence-electron chi connectivity index (χ3n) is 4.18. The number of aromatic nitrogens is 2. The molecule has 7 heteroatoms. The molecule has 1 heterocycles. The lowest BCUT2D eigenvalue weighted by molar-refractivity contribution is -0.386. The first-order valence-corrected chi connectivity index (χ1v) is 8.54. The van der Waals surface area contributed by atoms with Crippen LogP contribution in [-0.2, 0) is 11.3 Å². The molecule has 138 valence electrons. The Morgan fingerprint density at radius 3 is 2.50 bits per heavy atom. The van der Waals surface area contributed by atoms with Gasteiger partial charge in [-0.1, -0.05) is 38.1 Å². The number of amides is 1. The van der Waals surface area contributed by atoms with Gasteiger partial charge in [-0.05, 0) is 37.0 Å². The Kier molecular flexibility index (Phi) is 6.27. The molecule has 0 radical (unpaired) electrons. The standard InChI is InChI=1S/C19H24N4O3/c1-13(2)17-8-5-16(6-9-17)7-10-18(24)20-11-12-22-15(4)19(23(25)26)14(3)21-22/h5-10,13H,11-12H2,1-4H3,(H,20,24)/b10-7+. The molecule has 0 aliphatic carbocycles. The number of nitrogens with one attached hydrogen (secondary N) is 1. The van der Waals surface area contributed by atoms with Crippen LogP contribution < -0.4 is 5.32 Å². The van der Waals surface area contributed by atoms with Crippen LogP contribution in [0.4, 0.5) is 5.69 Å². The molecule has 1 aromatic carbocycles. The Hall–Kier alpha value is -2.96. The Balaban J connectivity index is 1.87. The maximum absolute atomic E-state index is 11.9. The molecule has 1 aromatic heterocycles. The number of nitrogens with zero attached hydrogens (tertiary/aromatic N) is 3. The fourth-order valence-electron chi connectivity index (χ4n) is 2.68. The average Bonchev–Trinajstić information content (AvgIpc) is 2.87. The highest BCUT2D eigenvalue weighted by molar-refractivity contribution is 5.91. The lowest BCUT2D eigenvalue weighted by Crippen LogP contribution is -2.26. The van der Waals surface area contributed by atoms with Crippen LogP contribution in [-0.4, -0.2) is 27.2 Å². The van der Waals surface area contributed by atoms with Crippen molar-refractivity contribution < 1.29 is 9.72 Å². The molecular formula is C19H24N4O3. The van der Waals surface area contributed by atoms with Crippen LogP contribution >= 0.6 is 0 Å². The van der Waals surface area contributed by atoms with Gasteiger partial charge in [-0.15, -0.1) is 0 Å². The van der Waals surface area contributed by atoms with Gasteiger partial charge in [0.05, 0.1) is 11.5 Å². The monoisotopic (exact) mass is 356 g/mol. The first kappa shape index (κ1) is 19.4. The third kappa shape index (κ3) is 4.78. The number of carbonyl (C=O) groups excluding carboxylic acids is 1. The maximum atomic E-state index is 11.9. The lowest BCUT2D eigenvalue weighted by atomic mass is 10.0. The molecular weight excluding hydrogens is 332 g/mol. The molecule has 0 saturated carbocycles. The summed E-state index contributed by atoms with van der Waals surface area (Å²) in [7, 11) is 0. The zero-order valence-corrected chi connectivity index (χ0v) is 15.5. The molecule has 1 N–H and O–H groups in total. The summed E-state index contributed by atoms with van der Waals surface area (Å²) in [6.07, 6.45) is 3.24. The Bertz CT molecular complexity index is 820. The molecule has 0 fully saturated rings. The number of aryl methyl sites for hydroxylation is 1. The minimum Gasteiger partial charge on any atom is -0.351 e. The first-order valence-electron chi connectivity index (χ1n) is 8.54. The summed E-state index contributed by atoms with van der Waals surface area (Å²) in [4.78, 5) is 22.5. The third-order valence-corrected chi connectivity index (χ3v) is 4.18. The largest absolute Gasteiger partial charge is 0.351 e. The quantitative estimate of drug-likeness (QED) is 0.468. The van der Waals surface area contributed by atoms with E-state index in [0.717, 1.165) is 5.56 Å². The van der Waals surface area contributed by atoms with Crippen molar-refractivity contribution in [3.8, 4) is 0 Å². The van der Waals surface area contributed by atoms with Crippen LogP contribution in [0.5, 0.6) is 0 Å². The number of hydrogen-bond acceptors (Lipinski definition) is 4. The molecule has 0 bridgehead atoms. The van der Waals surface area contributed by atoms with Gasteiger partial charge >= 0.3 is 5.69 Å². The second-order valence-electron chi connectivity index (χ2n) is 6.45. The van der Waals surface area contributed by atoms with Crippen molar-refractivity contribution in [2.45, 2.75) is 40.2 Å². The zero-order chi connectivity index (χ0) is 19.3. The van der Waals surface area contributed by atoms with Gasteiger partial charge in [0.1, 0.15) is 11.4 Å². The zero-order valence-electron chi connectivity index (χ0n) is 15.5. The van der Waals surface area contributed by atoms with Crippen LogP contribution in [0.1, 0.15) is 42.3 Å². The van der Waals surface area contributed by atoms with E-state index in [9.17, 15) is 14.9 Å². The summed E-state index contributed by atoms with van der Waals surface area (Å²) in [5.74, 6) is 0.260. The van der Waals surface area contributed by atoms with Crippen molar-refractivity contribution in [2.24, 2.45) is 0 Å². The van der Waals surface area contributed by atoms with Crippen LogP contribution in [0.25, 0.3) is 6.08 Å². The lowest BCUT2D eigenvalue weighted by Gasteiger charge is -2.05. The minimum absolute atomic E-state index is 0.0288. The second-order valence-corrected chi connectivity index (χ2v) is 6.45. The van der Waals surface area contributed by atoms with Gasteiger partial charge in [-0.2, -0.15) is 5.10 Å². The van der Waals surface area contributed by atoms with Crippen molar-refractivity contribution >= 4 is 17.7 Å². The van der Waals surface area contributed by atoms with Gasteiger partial charge in [0.2, 0.25) is 5.91 Å². The highest BCUT2D eigenvalue weighted by atomic mass is 16.6. The first-order chi connectivity index (χ1) is 12.3. The fourth-order valence-corrected chi connectivity index (χ4v) is 2.68. The summed E-state index contributed by atoms with van der Waals surface area (Å²) >= 11 is 0. The molecule has 0 spiro atoms. The summed E-state index contributed by atoms with van der Waals surface area (Å²) in [6.45, 7) is 8.25. The second kappa shape index (κ2) is 8.42. The Morgan fingerprint density at radius 1 is 1.31 bits per heavy atom. The molecule has 0 aliphatic heterocycles. The van der Waals surface area contributed by atoms with E-state index in [1.165, 1.54) is 11.6 Å². The van der Waals surface area contributed by atoms with Gasteiger partial charge in [0.15, 0.2) is 0 Å². The van der Waals surface area contributed by atoms with E-state index in [-0.39, 0.29) is 11.6 Å². The SMILES string of the molecule is Cc1nn(CCNC(=O)/C=C/c2ccc(C(C)C)cc2)c(C)c1[N+](=O)[O-]. The summed E-state index contributed by atoms with van der Waals surface area (Å²) < 4.78 is 1.54. The van der Waals surface area contributed by atoms with Gasteiger partial charge in [0.25, 0.3) is 0 Å². The smallest absolute Gasteiger partial charge is 0.312 e. The molecule has 0 unspecified atom stereocenters. The summed E-state index contributed by atoms with van der Waals surface area (Å²) in [6, 6.07) is 8.07. The predicted octanol–water partition coefficient (Wildman–Crippen LogP) is 3.36.